The van der Waals surface area contributed by atoms with Crippen LogP contribution in [-0.4, -0.2) is 95.6 Å². The van der Waals surface area contributed by atoms with Gasteiger partial charge in [0.25, 0.3) is 0 Å². The fourth-order valence-electron chi connectivity index (χ4n) is 6.38. The highest BCUT2D eigenvalue weighted by Crippen LogP contribution is 2.25. The summed E-state index contributed by atoms with van der Waals surface area (Å²) in [6.07, 6.45) is 5.69. The fraction of sp³-hybridized carbons (Fsp3) is 0.561. The zero-order valence-corrected chi connectivity index (χ0v) is 35.4. The van der Waals surface area contributed by atoms with E-state index in [-0.39, 0.29) is 30.0 Å². The topological polar surface area (TPSA) is 214 Å². The van der Waals surface area contributed by atoms with Gasteiger partial charge < -0.3 is 36.6 Å². The van der Waals surface area contributed by atoms with Crippen molar-refractivity contribution in [2.24, 2.45) is 28.0 Å². The number of benzene rings is 1. The summed E-state index contributed by atoms with van der Waals surface area (Å²) < 4.78 is 4.84. The molecule has 2 aromatic rings. The van der Waals surface area contributed by atoms with Crippen molar-refractivity contribution in [3.05, 3.63) is 64.6 Å². The number of allylic oxidation sites excluding steroid dienone is 1. The molecular weight excluding hydrogens is 749 g/mol. The Morgan fingerprint density at radius 2 is 1.67 bits per heavy atom. The number of aromatic nitrogens is 1. The van der Waals surface area contributed by atoms with Gasteiger partial charge in [-0.2, -0.15) is 0 Å². The largest absolute Gasteiger partial charge is 0.469 e. The summed E-state index contributed by atoms with van der Waals surface area (Å²) in [5.41, 5.74) is 6.61. The lowest BCUT2D eigenvalue weighted by Gasteiger charge is -2.34. The lowest BCUT2D eigenvalue weighted by Crippen LogP contribution is -2.60. The molecule has 0 aliphatic carbocycles. The number of carbonyl (C=O) groups excluding carboxylic acids is 6. The van der Waals surface area contributed by atoms with Crippen molar-refractivity contribution in [1.29, 1.82) is 0 Å². The minimum atomic E-state index is -1.07. The number of thiazole rings is 1. The van der Waals surface area contributed by atoms with Gasteiger partial charge in [-0.25, -0.2) is 4.98 Å². The summed E-state index contributed by atoms with van der Waals surface area (Å²) in [4.78, 5) is 90.2. The van der Waals surface area contributed by atoms with Gasteiger partial charge in [0.15, 0.2) is 0 Å². The summed E-state index contributed by atoms with van der Waals surface area (Å²) in [5, 5.41) is 13.6. The maximum Gasteiger partial charge on any atom is 0.308 e. The standard InChI is InChI=1S/C41H60N8O7S/c1-24(2)17-18-30(50)47-35(41(6,7)8)38(54)48-33(25(3)4)40(55)49-20-13-16-29(49)36(42)44-23-31(51)46-34(26(5)27-14-11-10-12-15-27)37(53)45-28(22-32(52)56-9)39-43-19-21-57-39/h10-12,14-15,17-19,21,24-26,28-29,33-35H,13,16,20,22-23H2,1-9H3,(H2,42,44)(H,45,53)(H,46,51)(H,47,50)(H,48,54)/b18-17+. The van der Waals surface area contributed by atoms with Gasteiger partial charge in [-0.05, 0) is 41.7 Å². The maximum atomic E-state index is 14.1. The molecule has 0 spiro atoms. The highest BCUT2D eigenvalue weighted by Gasteiger charge is 2.40. The molecule has 1 aliphatic heterocycles. The third-order valence-electron chi connectivity index (χ3n) is 9.65. The molecule has 57 heavy (non-hydrogen) atoms. The second-order valence-electron chi connectivity index (χ2n) is 16.0. The number of ether oxygens (including phenoxy) is 1. The van der Waals surface area contributed by atoms with Gasteiger partial charge in [0.05, 0.1) is 25.6 Å². The van der Waals surface area contributed by atoms with Crippen LogP contribution in [0.4, 0.5) is 0 Å². The number of rotatable bonds is 18. The Hall–Kier alpha value is -5.12. The number of carbonyl (C=O) groups is 6. The molecule has 312 valence electrons. The zero-order chi connectivity index (χ0) is 42.4. The van der Waals surface area contributed by atoms with Crippen molar-refractivity contribution in [3.63, 3.8) is 0 Å². The van der Waals surface area contributed by atoms with Crippen LogP contribution in [0.25, 0.3) is 0 Å². The number of nitrogens with two attached hydrogens (primary N) is 1. The van der Waals surface area contributed by atoms with Crippen molar-refractivity contribution in [2.45, 2.75) is 111 Å². The minimum absolute atomic E-state index is 0.0700. The van der Waals surface area contributed by atoms with Crippen molar-refractivity contribution in [3.8, 4) is 0 Å². The van der Waals surface area contributed by atoms with Crippen LogP contribution in [0, 0.1) is 17.3 Å². The SMILES string of the molecule is COC(=O)CC(NC(=O)C(NC(=O)CN=C(N)C1CCCN1C(=O)C(NC(=O)C(NC(=O)/C=C/C(C)C)C(C)(C)C)C(C)C)C(C)c1ccccc1)c1nccs1. The second kappa shape index (κ2) is 21.4. The molecular formula is C41H60N8O7S. The van der Waals surface area contributed by atoms with E-state index < -0.39 is 77.7 Å². The molecule has 1 fully saturated rings. The van der Waals surface area contributed by atoms with Crippen molar-refractivity contribution < 1.29 is 33.5 Å². The highest BCUT2D eigenvalue weighted by molar-refractivity contribution is 7.09. The number of esters is 1. The van der Waals surface area contributed by atoms with Gasteiger partial charge in [0.2, 0.25) is 29.5 Å². The number of aliphatic imine (C=N–C) groups is 1. The smallest absolute Gasteiger partial charge is 0.308 e. The summed E-state index contributed by atoms with van der Waals surface area (Å²) in [5.74, 6) is -3.46. The summed E-state index contributed by atoms with van der Waals surface area (Å²) >= 11 is 1.27. The Morgan fingerprint density at radius 3 is 2.25 bits per heavy atom. The number of nitrogens with one attached hydrogen (secondary N) is 4. The molecule has 0 bridgehead atoms. The zero-order valence-electron chi connectivity index (χ0n) is 34.5. The number of amidine groups is 1. The van der Waals surface area contributed by atoms with E-state index in [0.29, 0.717) is 24.4 Å². The third-order valence-corrected chi connectivity index (χ3v) is 10.5. The number of likely N-dealkylation sites (tertiary alicyclic amines) is 1. The molecule has 3 rings (SSSR count). The van der Waals surface area contributed by atoms with E-state index in [0.717, 1.165) is 5.56 Å². The van der Waals surface area contributed by atoms with Crippen LogP contribution in [0.2, 0.25) is 0 Å². The van der Waals surface area contributed by atoms with Crippen molar-refractivity contribution in [1.82, 2.24) is 31.2 Å². The monoisotopic (exact) mass is 808 g/mol. The van der Waals surface area contributed by atoms with E-state index in [1.165, 1.54) is 24.5 Å². The van der Waals surface area contributed by atoms with Gasteiger partial charge in [-0.15, -0.1) is 11.3 Å². The normalized spacial score (nSPS) is 17.4. The molecule has 0 radical (unpaired) electrons. The predicted octanol–water partition coefficient (Wildman–Crippen LogP) is 3.38. The van der Waals surface area contributed by atoms with Crippen LogP contribution in [0.1, 0.15) is 97.2 Å². The Bertz CT molecular complexity index is 1740. The third kappa shape index (κ3) is 13.8. The quantitative estimate of drug-likeness (QED) is 0.0645. The van der Waals surface area contributed by atoms with Gasteiger partial charge >= 0.3 is 5.97 Å². The van der Waals surface area contributed by atoms with E-state index in [2.05, 4.69) is 31.2 Å². The first-order valence-electron chi connectivity index (χ1n) is 19.3. The van der Waals surface area contributed by atoms with Crippen LogP contribution < -0.4 is 27.0 Å². The molecule has 1 aromatic carbocycles. The van der Waals surface area contributed by atoms with E-state index >= 15 is 0 Å². The summed E-state index contributed by atoms with van der Waals surface area (Å²) in [7, 11) is 1.26. The van der Waals surface area contributed by atoms with Crippen LogP contribution >= 0.6 is 11.3 Å². The summed E-state index contributed by atoms with van der Waals surface area (Å²) in [6.45, 7) is 14.8. The second-order valence-corrected chi connectivity index (χ2v) is 17.0. The van der Waals surface area contributed by atoms with Crippen LogP contribution in [-0.2, 0) is 33.5 Å². The van der Waals surface area contributed by atoms with Crippen LogP contribution in [0.15, 0.2) is 59.1 Å². The van der Waals surface area contributed by atoms with Gasteiger partial charge in [0, 0.05) is 24.0 Å². The molecule has 5 amide bonds. The van der Waals surface area contributed by atoms with E-state index in [1.807, 2.05) is 85.7 Å². The Balaban J connectivity index is 1.77. The maximum absolute atomic E-state index is 14.1. The summed E-state index contributed by atoms with van der Waals surface area (Å²) in [6, 6.07) is 4.90. The molecule has 1 saturated heterocycles. The van der Waals surface area contributed by atoms with Crippen LogP contribution in [0.3, 0.4) is 0 Å². The number of methoxy groups -OCH3 is 1. The molecule has 15 nitrogen and oxygen atoms in total. The molecule has 6 N–H and O–H groups in total. The van der Waals surface area contributed by atoms with Crippen LogP contribution in [0.5, 0.6) is 0 Å². The molecule has 2 heterocycles. The van der Waals surface area contributed by atoms with E-state index in [9.17, 15) is 28.8 Å². The first-order chi connectivity index (χ1) is 26.8. The first-order valence-corrected chi connectivity index (χ1v) is 20.2. The molecule has 6 unspecified atom stereocenters. The molecule has 16 heteroatoms. The lowest BCUT2D eigenvalue weighted by atomic mass is 9.85. The number of nitrogens with zero attached hydrogens (tertiary/aromatic N) is 3. The van der Waals surface area contributed by atoms with E-state index in [1.54, 1.807) is 22.6 Å². The number of amides is 5. The lowest BCUT2D eigenvalue weighted by molar-refractivity contribution is -0.141. The first kappa shape index (κ1) is 46.3. The Kier molecular flexibility index (Phi) is 17.4. The predicted molar refractivity (Wildman–Crippen MR) is 220 cm³/mol. The molecule has 1 aromatic heterocycles. The fourth-order valence-corrected chi connectivity index (χ4v) is 7.07. The van der Waals surface area contributed by atoms with Crippen molar-refractivity contribution >= 4 is 52.7 Å². The Labute approximate surface area is 340 Å². The van der Waals surface area contributed by atoms with Gasteiger partial charge in [-0.3, -0.25) is 33.8 Å². The highest BCUT2D eigenvalue weighted by atomic mass is 32.1. The van der Waals surface area contributed by atoms with Crippen molar-refractivity contribution in [2.75, 3.05) is 20.2 Å². The van der Waals surface area contributed by atoms with Gasteiger partial charge in [-0.1, -0.05) is 91.8 Å². The average molecular weight is 809 g/mol. The minimum Gasteiger partial charge on any atom is -0.469 e. The molecule has 1 aliphatic rings. The Morgan fingerprint density at radius 1 is 0.982 bits per heavy atom. The number of hydrogen-bond acceptors (Lipinski definition) is 10. The number of hydrogen-bond donors (Lipinski definition) is 5. The van der Waals surface area contributed by atoms with E-state index in [4.69, 9.17) is 10.5 Å². The average Bonchev–Trinajstić information content (AvgIpc) is 3.89. The van der Waals surface area contributed by atoms with Gasteiger partial charge in [0.1, 0.15) is 35.5 Å². The molecule has 6 atom stereocenters. The molecule has 0 saturated carbocycles.